The van der Waals surface area contributed by atoms with E-state index in [1.54, 1.807) is 4.68 Å². The van der Waals surface area contributed by atoms with Crippen molar-refractivity contribution in [3.8, 4) is 10.7 Å². The minimum absolute atomic E-state index is 0.00703. The molecule has 0 saturated heterocycles. The summed E-state index contributed by atoms with van der Waals surface area (Å²) < 4.78 is 1.62. The number of rotatable bonds is 4. The van der Waals surface area contributed by atoms with E-state index in [0.29, 0.717) is 5.82 Å². The van der Waals surface area contributed by atoms with Crippen molar-refractivity contribution in [3.05, 3.63) is 17.5 Å². The summed E-state index contributed by atoms with van der Waals surface area (Å²) >= 11 is 1.53. The highest BCUT2D eigenvalue weighted by atomic mass is 32.1. The Balaban J connectivity index is 2.43. The molecule has 0 radical (unpaired) electrons. The Kier molecular flexibility index (Phi) is 3.66. The van der Waals surface area contributed by atoms with Gasteiger partial charge in [-0.15, -0.1) is 16.4 Å². The van der Waals surface area contributed by atoms with Crippen molar-refractivity contribution >= 4 is 17.3 Å². The average Bonchev–Trinajstić information content (AvgIpc) is 2.94. The van der Waals surface area contributed by atoms with Crippen LogP contribution in [0.4, 0.5) is 0 Å². The van der Waals surface area contributed by atoms with E-state index in [1.807, 2.05) is 38.3 Å². The highest BCUT2D eigenvalue weighted by Crippen LogP contribution is 2.35. The monoisotopic (exact) mass is 280 g/mol. The lowest BCUT2D eigenvalue weighted by atomic mass is 9.85. The molecule has 2 aromatic heterocycles. The maximum Gasteiger partial charge on any atom is 0.305 e. The topological polar surface area (TPSA) is 80.9 Å². The number of hydrogen-bond acceptors (Lipinski definition) is 5. The Hall–Kier alpha value is -1.76. The van der Waals surface area contributed by atoms with Crippen LogP contribution in [0.1, 0.15) is 33.2 Å². The minimum atomic E-state index is -0.854. The van der Waals surface area contributed by atoms with E-state index in [1.165, 1.54) is 11.3 Å². The molecule has 1 unspecified atom stereocenters. The summed E-state index contributed by atoms with van der Waals surface area (Å²) in [6, 6.07) is 3.55. The van der Waals surface area contributed by atoms with Crippen LogP contribution in [0, 0.1) is 5.41 Å². The van der Waals surface area contributed by atoms with Gasteiger partial charge < -0.3 is 5.11 Å². The Labute approximate surface area is 115 Å². The van der Waals surface area contributed by atoms with E-state index in [9.17, 15) is 4.79 Å². The molecule has 0 aliphatic rings. The molecule has 6 nitrogen and oxygen atoms in total. The highest BCUT2D eigenvalue weighted by Gasteiger charge is 2.32. The van der Waals surface area contributed by atoms with Crippen LogP contribution in [0.2, 0.25) is 0 Å². The molecular weight excluding hydrogens is 264 g/mol. The number of carboxylic acid groups (broad SMARTS) is 1. The van der Waals surface area contributed by atoms with Gasteiger partial charge in [-0.05, 0) is 27.3 Å². The van der Waals surface area contributed by atoms with Crippen LogP contribution in [0.5, 0.6) is 0 Å². The van der Waals surface area contributed by atoms with Gasteiger partial charge in [-0.3, -0.25) is 4.79 Å². The minimum Gasteiger partial charge on any atom is -0.481 e. The molecule has 7 heteroatoms. The zero-order valence-corrected chi connectivity index (χ0v) is 11.9. The van der Waals surface area contributed by atoms with Crippen molar-refractivity contribution in [1.29, 1.82) is 0 Å². The molecule has 0 bridgehead atoms. The van der Waals surface area contributed by atoms with Gasteiger partial charge in [0.25, 0.3) is 0 Å². The number of thiophene rings is 1. The third-order valence-electron chi connectivity index (χ3n) is 2.90. The van der Waals surface area contributed by atoms with Gasteiger partial charge in [-0.1, -0.05) is 26.8 Å². The van der Waals surface area contributed by atoms with E-state index in [2.05, 4.69) is 15.5 Å². The second kappa shape index (κ2) is 5.08. The second-order valence-corrected chi connectivity index (χ2v) is 6.35. The number of nitrogens with zero attached hydrogens (tertiary/aromatic N) is 4. The summed E-state index contributed by atoms with van der Waals surface area (Å²) in [5.41, 5.74) is -0.250. The number of carbonyl (C=O) groups is 1. The van der Waals surface area contributed by atoms with Gasteiger partial charge in [0.05, 0.1) is 17.3 Å². The van der Waals surface area contributed by atoms with Crippen molar-refractivity contribution in [2.24, 2.45) is 5.41 Å². The first-order chi connectivity index (χ1) is 8.89. The maximum absolute atomic E-state index is 11.1. The summed E-state index contributed by atoms with van der Waals surface area (Å²) in [6.07, 6.45) is -0.00703. The third-order valence-corrected chi connectivity index (χ3v) is 3.76. The van der Waals surface area contributed by atoms with Crippen LogP contribution in [0.25, 0.3) is 10.7 Å². The van der Waals surface area contributed by atoms with Crippen LogP contribution >= 0.6 is 11.3 Å². The first-order valence-corrected chi connectivity index (χ1v) is 6.81. The lowest BCUT2D eigenvalue weighted by Crippen LogP contribution is -2.28. The summed E-state index contributed by atoms with van der Waals surface area (Å²) in [4.78, 5) is 12.0. The third kappa shape index (κ3) is 2.98. The fourth-order valence-corrected chi connectivity index (χ4v) is 2.60. The lowest BCUT2D eigenvalue weighted by molar-refractivity contribution is -0.138. The number of tetrazole rings is 1. The zero-order valence-electron chi connectivity index (χ0n) is 11.1. The van der Waals surface area contributed by atoms with Gasteiger partial charge in [-0.25, -0.2) is 4.68 Å². The number of aliphatic carboxylic acids is 1. The Morgan fingerprint density at radius 2 is 2.26 bits per heavy atom. The van der Waals surface area contributed by atoms with E-state index in [0.717, 1.165) is 4.88 Å². The van der Waals surface area contributed by atoms with Crippen molar-refractivity contribution in [1.82, 2.24) is 20.2 Å². The molecule has 1 atom stereocenters. The first-order valence-electron chi connectivity index (χ1n) is 5.93. The predicted octanol–water partition coefficient (Wildman–Crippen LogP) is 2.46. The summed E-state index contributed by atoms with van der Waals surface area (Å²) in [5, 5.41) is 22.7. The van der Waals surface area contributed by atoms with E-state index >= 15 is 0 Å². The molecule has 0 saturated carbocycles. The smallest absolute Gasteiger partial charge is 0.305 e. The first kappa shape index (κ1) is 13.7. The Morgan fingerprint density at radius 3 is 2.79 bits per heavy atom. The highest BCUT2D eigenvalue weighted by molar-refractivity contribution is 7.13. The molecule has 0 amide bonds. The quantitative estimate of drug-likeness (QED) is 0.930. The zero-order chi connectivity index (χ0) is 14.0. The van der Waals surface area contributed by atoms with Crippen LogP contribution in [0.15, 0.2) is 17.5 Å². The molecule has 2 heterocycles. The number of carboxylic acids is 1. The molecule has 0 aromatic carbocycles. The molecule has 0 aliphatic carbocycles. The predicted molar refractivity (Wildman–Crippen MR) is 71.9 cm³/mol. The van der Waals surface area contributed by atoms with Crippen LogP contribution in [-0.2, 0) is 4.79 Å². The van der Waals surface area contributed by atoms with E-state index < -0.39 is 5.97 Å². The average molecular weight is 280 g/mol. The van der Waals surface area contributed by atoms with Crippen LogP contribution in [0.3, 0.4) is 0 Å². The molecule has 0 spiro atoms. The Morgan fingerprint density at radius 1 is 1.53 bits per heavy atom. The Bertz CT molecular complexity index is 557. The van der Waals surface area contributed by atoms with E-state index in [4.69, 9.17) is 5.11 Å². The summed E-state index contributed by atoms with van der Waals surface area (Å²) in [5.74, 6) is -0.233. The second-order valence-electron chi connectivity index (χ2n) is 5.40. The molecule has 0 fully saturated rings. The molecule has 19 heavy (non-hydrogen) atoms. The standard InChI is InChI=1S/C12H16N4O2S/c1-12(2,3)9(7-10(17)18)16-11(13-14-15-16)8-5-4-6-19-8/h4-6,9H,7H2,1-3H3,(H,17,18). The molecule has 102 valence electrons. The van der Waals surface area contributed by atoms with Crippen molar-refractivity contribution < 1.29 is 9.90 Å². The van der Waals surface area contributed by atoms with Gasteiger partial charge >= 0.3 is 5.97 Å². The fourth-order valence-electron chi connectivity index (χ4n) is 1.90. The van der Waals surface area contributed by atoms with Gasteiger partial charge in [0.15, 0.2) is 5.82 Å². The van der Waals surface area contributed by atoms with Crippen LogP contribution < -0.4 is 0 Å². The molecule has 2 aromatic rings. The van der Waals surface area contributed by atoms with E-state index in [-0.39, 0.29) is 17.9 Å². The molecule has 2 rings (SSSR count). The number of hydrogen-bond donors (Lipinski definition) is 1. The van der Waals surface area contributed by atoms with Crippen molar-refractivity contribution in [2.45, 2.75) is 33.2 Å². The largest absolute Gasteiger partial charge is 0.481 e. The van der Waals surface area contributed by atoms with Gasteiger partial charge in [0, 0.05) is 0 Å². The maximum atomic E-state index is 11.1. The summed E-state index contributed by atoms with van der Waals surface area (Å²) in [6.45, 7) is 5.96. The molecule has 1 N–H and O–H groups in total. The van der Waals surface area contributed by atoms with Crippen molar-refractivity contribution in [3.63, 3.8) is 0 Å². The SMILES string of the molecule is CC(C)(C)C(CC(=O)O)n1nnnc1-c1cccs1. The van der Waals surface area contributed by atoms with Gasteiger partial charge in [0.2, 0.25) is 0 Å². The van der Waals surface area contributed by atoms with Crippen molar-refractivity contribution in [2.75, 3.05) is 0 Å². The van der Waals surface area contributed by atoms with Gasteiger partial charge in [-0.2, -0.15) is 0 Å². The van der Waals surface area contributed by atoms with Gasteiger partial charge in [0.1, 0.15) is 0 Å². The molecule has 0 aliphatic heterocycles. The fraction of sp³-hybridized carbons (Fsp3) is 0.500. The lowest BCUT2D eigenvalue weighted by Gasteiger charge is -2.29. The molecular formula is C12H16N4O2S. The summed E-state index contributed by atoms with van der Waals surface area (Å²) in [7, 11) is 0. The van der Waals surface area contributed by atoms with Crippen LogP contribution in [-0.4, -0.2) is 31.3 Å². The number of aromatic nitrogens is 4. The normalized spacial score (nSPS) is 13.4.